The number of hydrogen-bond donors (Lipinski definition) is 3. The van der Waals surface area contributed by atoms with Gasteiger partial charge in [-0.1, -0.05) is 0 Å². The molecule has 1 saturated heterocycles. The second kappa shape index (κ2) is 5.88. The molecule has 92 valence electrons. The Morgan fingerprint density at radius 3 is 2.76 bits per heavy atom. The quantitative estimate of drug-likeness (QED) is 0.552. The van der Waals surface area contributed by atoms with Gasteiger partial charge >= 0.3 is 0 Å². The molecule has 2 rings (SSSR count). The van der Waals surface area contributed by atoms with Crippen molar-refractivity contribution in [2.75, 3.05) is 16.9 Å². The molecule has 17 heavy (non-hydrogen) atoms. The first-order valence-corrected chi connectivity index (χ1v) is 6.76. The predicted molar refractivity (Wildman–Crippen MR) is 69.9 cm³/mol. The highest BCUT2D eigenvalue weighted by Crippen LogP contribution is 2.17. The van der Waals surface area contributed by atoms with E-state index in [1.54, 1.807) is 18.3 Å². The van der Waals surface area contributed by atoms with Crippen molar-refractivity contribution in [3.05, 3.63) is 24.0 Å². The summed E-state index contributed by atoms with van der Waals surface area (Å²) in [4.78, 5) is 15.9. The molecule has 1 amide bonds. The van der Waals surface area contributed by atoms with E-state index in [-0.39, 0.29) is 11.9 Å². The highest BCUT2D eigenvalue weighted by Gasteiger charge is 2.17. The fourth-order valence-corrected chi connectivity index (χ4v) is 2.82. The van der Waals surface area contributed by atoms with Gasteiger partial charge in [-0.15, -0.1) is 0 Å². The lowest BCUT2D eigenvalue weighted by atomic mass is 10.1. The maximum Gasteiger partial charge on any atom is 0.270 e. The summed E-state index contributed by atoms with van der Waals surface area (Å²) in [6.07, 6.45) is 3.63. The van der Waals surface area contributed by atoms with Crippen LogP contribution in [0.5, 0.6) is 0 Å². The minimum atomic E-state index is -0.106. The summed E-state index contributed by atoms with van der Waals surface area (Å²) >= 11 is 1.94. The summed E-state index contributed by atoms with van der Waals surface area (Å²) in [5.74, 6) is 7.37. The standard InChI is InChI=1S/C11H16N4OS/c12-15-9-1-2-10(13-7-9)11(16)14-8-3-5-17-6-4-8/h1-2,7-8,15H,3-6,12H2,(H,14,16). The normalized spacial score (nSPS) is 16.5. The number of nitrogens with two attached hydrogens (primary N) is 1. The summed E-state index contributed by atoms with van der Waals surface area (Å²) in [5.41, 5.74) is 3.60. The lowest BCUT2D eigenvalue weighted by Gasteiger charge is -2.22. The molecule has 2 heterocycles. The van der Waals surface area contributed by atoms with Crippen LogP contribution in [0, 0.1) is 0 Å². The van der Waals surface area contributed by atoms with Crippen molar-refractivity contribution in [3.8, 4) is 0 Å². The van der Waals surface area contributed by atoms with Crippen LogP contribution < -0.4 is 16.6 Å². The number of hydrazine groups is 1. The molecule has 0 unspecified atom stereocenters. The zero-order valence-corrected chi connectivity index (χ0v) is 10.3. The number of hydrogen-bond acceptors (Lipinski definition) is 5. The highest BCUT2D eigenvalue weighted by atomic mass is 32.2. The first-order valence-electron chi connectivity index (χ1n) is 5.61. The lowest BCUT2D eigenvalue weighted by molar-refractivity contribution is 0.0930. The molecule has 4 N–H and O–H groups in total. The Balaban J connectivity index is 1.93. The van der Waals surface area contributed by atoms with E-state index in [1.165, 1.54) is 0 Å². The highest BCUT2D eigenvalue weighted by molar-refractivity contribution is 7.99. The first kappa shape index (κ1) is 12.2. The van der Waals surface area contributed by atoms with E-state index >= 15 is 0 Å². The third kappa shape index (κ3) is 3.34. The van der Waals surface area contributed by atoms with Gasteiger partial charge in [-0.2, -0.15) is 11.8 Å². The maximum absolute atomic E-state index is 11.9. The molecule has 0 aromatic carbocycles. The third-order valence-electron chi connectivity index (χ3n) is 2.72. The Kier molecular flexibility index (Phi) is 4.22. The number of aromatic nitrogens is 1. The van der Waals surface area contributed by atoms with Crippen LogP contribution in [0.25, 0.3) is 0 Å². The van der Waals surface area contributed by atoms with Crippen molar-refractivity contribution in [2.45, 2.75) is 18.9 Å². The Labute approximate surface area is 105 Å². The average molecular weight is 252 g/mol. The molecule has 1 aliphatic heterocycles. The van der Waals surface area contributed by atoms with E-state index in [4.69, 9.17) is 5.84 Å². The van der Waals surface area contributed by atoms with Gasteiger partial charge in [-0.05, 0) is 36.5 Å². The van der Waals surface area contributed by atoms with Gasteiger partial charge in [0.1, 0.15) is 5.69 Å². The summed E-state index contributed by atoms with van der Waals surface area (Å²) in [7, 11) is 0. The second-order valence-corrected chi connectivity index (χ2v) is 5.16. The number of carbonyl (C=O) groups excluding carboxylic acids is 1. The number of nitrogen functional groups attached to an aromatic ring is 1. The second-order valence-electron chi connectivity index (χ2n) is 3.94. The van der Waals surface area contributed by atoms with Gasteiger partial charge < -0.3 is 10.7 Å². The zero-order chi connectivity index (χ0) is 12.1. The van der Waals surface area contributed by atoms with Gasteiger partial charge in [0.15, 0.2) is 0 Å². The largest absolute Gasteiger partial charge is 0.348 e. The van der Waals surface area contributed by atoms with Crippen LogP contribution in [-0.2, 0) is 0 Å². The maximum atomic E-state index is 11.9. The molecule has 1 aromatic heterocycles. The van der Waals surface area contributed by atoms with Gasteiger partial charge in [-0.3, -0.25) is 10.6 Å². The first-order chi connectivity index (χ1) is 8.29. The summed E-state index contributed by atoms with van der Waals surface area (Å²) < 4.78 is 0. The van der Waals surface area contributed by atoms with Crippen LogP contribution in [0.2, 0.25) is 0 Å². The zero-order valence-electron chi connectivity index (χ0n) is 9.48. The molecule has 0 saturated carbocycles. The number of nitrogens with one attached hydrogen (secondary N) is 2. The van der Waals surface area contributed by atoms with Gasteiger partial charge in [-0.25, -0.2) is 4.98 Å². The van der Waals surface area contributed by atoms with Crippen molar-refractivity contribution in [1.82, 2.24) is 10.3 Å². The van der Waals surface area contributed by atoms with Crippen molar-refractivity contribution in [1.29, 1.82) is 0 Å². The molecule has 0 aliphatic carbocycles. The van der Waals surface area contributed by atoms with Crippen LogP contribution >= 0.6 is 11.8 Å². The molecule has 0 spiro atoms. The number of nitrogens with zero attached hydrogens (tertiary/aromatic N) is 1. The minimum absolute atomic E-state index is 0.106. The van der Waals surface area contributed by atoms with Crippen LogP contribution in [0.4, 0.5) is 5.69 Å². The molecule has 6 heteroatoms. The Morgan fingerprint density at radius 2 is 2.18 bits per heavy atom. The van der Waals surface area contributed by atoms with Crippen LogP contribution in [-0.4, -0.2) is 28.4 Å². The smallest absolute Gasteiger partial charge is 0.270 e. The van der Waals surface area contributed by atoms with Gasteiger partial charge in [0.25, 0.3) is 5.91 Å². The van der Waals surface area contributed by atoms with Crippen molar-refractivity contribution in [2.24, 2.45) is 5.84 Å². The van der Waals surface area contributed by atoms with Gasteiger partial charge in [0.2, 0.25) is 0 Å². The van der Waals surface area contributed by atoms with Crippen LogP contribution in [0.1, 0.15) is 23.3 Å². The predicted octanol–water partition coefficient (Wildman–Crippen LogP) is 0.993. The molecule has 1 fully saturated rings. The number of anilines is 1. The molecule has 0 radical (unpaired) electrons. The minimum Gasteiger partial charge on any atom is -0.348 e. The number of rotatable bonds is 3. The number of thioether (sulfide) groups is 1. The fourth-order valence-electron chi connectivity index (χ4n) is 1.71. The van der Waals surface area contributed by atoms with E-state index in [9.17, 15) is 4.79 Å². The van der Waals surface area contributed by atoms with Crippen LogP contribution in [0.3, 0.4) is 0 Å². The molecule has 1 aliphatic rings. The Hall–Kier alpha value is -1.27. The molecule has 0 atom stereocenters. The summed E-state index contributed by atoms with van der Waals surface area (Å²) in [6.45, 7) is 0. The van der Waals surface area contributed by atoms with Gasteiger partial charge in [0.05, 0.1) is 11.9 Å². The molecular formula is C11H16N4OS. The van der Waals surface area contributed by atoms with Gasteiger partial charge in [0, 0.05) is 6.04 Å². The number of pyridine rings is 1. The SMILES string of the molecule is NNc1ccc(C(=O)NC2CCSCC2)nc1. The third-order valence-corrected chi connectivity index (χ3v) is 3.77. The molecule has 5 nitrogen and oxygen atoms in total. The molecular weight excluding hydrogens is 236 g/mol. The lowest BCUT2D eigenvalue weighted by Crippen LogP contribution is -2.37. The summed E-state index contributed by atoms with van der Waals surface area (Å²) in [5, 5.41) is 3.01. The van der Waals surface area contributed by atoms with Crippen molar-refractivity contribution < 1.29 is 4.79 Å². The Morgan fingerprint density at radius 1 is 1.41 bits per heavy atom. The van der Waals surface area contributed by atoms with E-state index < -0.39 is 0 Å². The number of amides is 1. The fraction of sp³-hybridized carbons (Fsp3) is 0.455. The molecule has 1 aromatic rings. The Bertz CT molecular complexity index is 376. The average Bonchev–Trinajstić information content (AvgIpc) is 2.40. The monoisotopic (exact) mass is 252 g/mol. The van der Waals surface area contributed by atoms with E-state index in [2.05, 4.69) is 15.7 Å². The van der Waals surface area contributed by atoms with Crippen molar-refractivity contribution in [3.63, 3.8) is 0 Å². The topological polar surface area (TPSA) is 80.0 Å². The number of carbonyl (C=O) groups is 1. The van der Waals surface area contributed by atoms with E-state index in [0.717, 1.165) is 24.3 Å². The van der Waals surface area contributed by atoms with Crippen molar-refractivity contribution >= 4 is 23.4 Å². The van der Waals surface area contributed by atoms with E-state index in [1.807, 2.05) is 11.8 Å². The van der Waals surface area contributed by atoms with Crippen LogP contribution in [0.15, 0.2) is 18.3 Å². The molecule has 0 bridgehead atoms. The summed E-state index contributed by atoms with van der Waals surface area (Å²) in [6, 6.07) is 3.69. The van der Waals surface area contributed by atoms with E-state index in [0.29, 0.717) is 11.4 Å².